The number of carboxylic acids is 1. The van der Waals surface area contributed by atoms with E-state index in [1.165, 1.54) is 12.3 Å². The maximum absolute atomic E-state index is 13.5. The number of hydrogen-bond acceptors (Lipinski definition) is 2. The Morgan fingerprint density at radius 1 is 1.47 bits per heavy atom. The number of rotatable bonds is 2. The van der Waals surface area contributed by atoms with E-state index < -0.39 is 17.2 Å². The van der Waals surface area contributed by atoms with Crippen LogP contribution in [0.5, 0.6) is 0 Å². The Balaban J connectivity index is 2.50. The van der Waals surface area contributed by atoms with Crippen LogP contribution < -0.4 is 0 Å². The third kappa shape index (κ3) is 1.50. The van der Waals surface area contributed by atoms with Crippen molar-refractivity contribution in [2.24, 2.45) is 0 Å². The lowest BCUT2D eigenvalue weighted by molar-refractivity contribution is -0.143. The molecule has 0 aromatic carbocycles. The number of pyridine rings is 1. The summed E-state index contributed by atoms with van der Waals surface area (Å²) in [5.41, 5.74) is -0.741. The van der Waals surface area contributed by atoms with Gasteiger partial charge in [0, 0.05) is 11.8 Å². The molecule has 0 amide bonds. The van der Waals surface area contributed by atoms with Crippen molar-refractivity contribution in [1.29, 1.82) is 0 Å². The molecule has 1 heterocycles. The molecule has 0 aliphatic heterocycles. The summed E-state index contributed by atoms with van der Waals surface area (Å²) in [5, 5.41) is 9.25. The molecule has 1 aliphatic carbocycles. The molecule has 1 fully saturated rings. The highest BCUT2D eigenvalue weighted by Crippen LogP contribution is 2.42. The first-order chi connectivity index (χ1) is 7.17. The van der Waals surface area contributed by atoms with Crippen molar-refractivity contribution in [3.8, 4) is 0 Å². The Morgan fingerprint density at radius 3 is 2.67 bits per heavy atom. The van der Waals surface area contributed by atoms with Crippen molar-refractivity contribution in [2.75, 3.05) is 0 Å². The van der Waals surface area contributed by atoms with Gasteiger partial charge in [0.2, 0.25) is 0 Å². The first-order valence-corrected chi connectivity index (χ1v) is 5.00. The Morgan fingerprint density at radius 2 is 2.13 bits per heavy atom. The summed E-state index contributed by atoms with van der Waals surface area (Å²) >= 11 is 0. The fourth-order valence-electron chi connectivity index (χ4n) is 2.34. The third-order valence-corrected chi connectivity index (χ3v) is 3.15. The number of aliphatic carboxylic acids is 1. The minimum absolute atomic E-state index is 0.280. The largest absolute Gasteiger partial charge is 0.481 e. The van der Waals surface area contributed by atoms with Crippen LogP contribution in [0.15, 0.2) is 18.5 Å². The maximum atomic E-state index is 13.5. The second kappa shape index (κ2) is 3.61. The Hall–Kier alpha value is -1.45. The van der Waals surface area contributed by atoms with Crippen LogP contribution in [0.1, 0.15) is 31.2 Å². The zero-order chi connectivity index (χ0) is 10.9. The fraction of sp³-hybridized carbons (Fsp3) is 0.455. The molecule has 1 aliphatic rings. The van der Waals surface area contributed by atoms with Crippen LogP contribution in [0.25, 0.3) is 0 Å². The van der Waals surface area contributed by atoms with E-state index in [1.54, 1.807) is 0 Å². The van der Waals surface area contributed by atoms with Gasteiger partial charge >= 0.3 is 5.97 Å². The van der Waals surface area contributed by atoms with Gasteiger partial charge in [-0.3, -0.25) is 9.78 Å². The van der Waals surface area contributed by atoms with Gasteiger partial charge in [-0.15, -0.1) is 0 Å². The first kappa shape index (κ1) is 10.1. The molecule has 4 heteroatoms. The first-order valence-electron chi connectivity index (χ1n) is 5.00. The summed E-state index contributed by atoms with van der Waals surface area (Å²) in [4.78, 5) is 14.9. The lowest BCUT2D eigenvalue weighted by Crippen LogP contribution is -2.33. The minimum Gasteiger partial charge on any atom is -0.481 e. The Kier molecular flexibility index (Phi) is 2.42. The van der Waals surface area contributed by atoms with Crippen molar-refractivity contribution in [3.05, 3.63) is 29.8 Å². The number of carbonyl (C=O) groups is 1. The van der Waals surface area contributed by atoms with E-state index in [0.29, 0.717) is 12.8 Å². The predicted molar refractivity (Wildman–Crippen MR) is 52.0 cm³/mol. The molecule has 0 unspecified atom stereocenters. The van der Waals surface area contributed by atoms with Crippen molar-refractivity contribution in [2.45, 2.75) is 31.1 Å². The van der Waals surface area contributed by atoms with Crippen molar-refractivity contribution >= 4 is 5.97 Å². The van der Waals surface area contributed by atoms with E-state index in [1.807, 2.05) is 0 Å². The van der Waals surface area contributed by atoms with Gasteiger partial charge in [0.1, 0.15) is 5.82 Å². The SMILES string of the molecule is O=C(O)C1(c2ccncc2F)CCCC1. The van der Waals surface area contributed by atoms with Crippen molar-refractivity contribution in [3.63, 3.8) is 0 Å². The highest BCUT2D eigenvalue weighted by molar-refractivity contribution is 5.81. The summed E-state index contributed by atoms with van der Waals surface area (Å²) in [5.74, 6) is -1.44. The zero-order valence-corrected chi connectivity index (χ0v) is 8.24. The molecule has 1 N–H and O–H groups in total. The topological polar surface area (TPSA) is 50.2 Å². The van der Waals surface area contributed by atoms with Gasteiger partial charge in [0.05, 0.1) is 11.6 Å². The molecule has 1 aromatic heterocycles. The zero-order valence-electron chi connectivity index (χ0n) is 8.24. The van der Waals surface area contributed by atoms with Crippen LogP contribution in [0.2, 0.25) is 0 Å². The van der Waals surface area contributed by atoms with E-state index in [0.717, 1.165) is 19.0 Å². The highest BCUT2D eigenvalue weighted by Gasteiger charge is 2.44. The molecule has 1 aromatic rings. The molecule has 0 atom stereocenters. The van der Waals surface area contributed by atoms with E-state index in [9.17, 15) is 14.3 Å². The lowest BCUT2D eigenvalue weighted by atomic mass is 9.79. The second-order valence-corrected chi connectivity index (χ2v) is 3.95. The molecular weight excluding hydrogens is 197 g/mol. The molecule has 0 spiro atoms. The molecule has 3 nitrogen and oxygen atoms in total. The van der Waals surface area contributed by atoms with Crippen molar-refractivity contribution in [1.82, 2.24) is 4.98 Å². The monoisotopic (exact) mass is 209 g/mol. The Labute approximate surface area is 87.0 Å². The van der Waals surface area contributed by atoms with Crippen LogP contribution in [0.4, 0.5) is 4.39 Å². The average molecular weight is 209 g/mol. The van der Waals surface area contributed by atoms with E-state index in [2.05, 4.69) is 4.98 Å². The van der Waals surface area contributed by atoms with Gasteiger partial charge in [-0.25, -0.2) is 4.39 Å². The van der Waals surface area contributed by atoms with Crippen LogP contribution in [-0.4, -0.2) is 16.1 Å². The molecule has 80 valence electrons. The maximum Gasteiger partial charge on any atom is 0.314 e. The average Bonchev–Trinajstić information content (AvgIpc) is 2.68. The number of aromatic nitrogens is 1. The summed E-state index contributed by atoms with van der Waals surface area (Å²) in [6.45, 7) is 0. The van der Waals surface area contributed by atoms with Crippen LogP contribution in [0.3, 0.4) is 0 Å². The van der Waals surface area contributed by atoms with E-state index >= 15 is 0 Å². The molecule has 0 radical (unpaired) electrons. The minimum atomic E-state index is -1.02. The van der Waals surface area contributed by atoms with Gasteiger partial charge in [-0.1, -0.05) is 12.8 Å². The normalized spacial score (nSPS) is 19.0. The summed E-state index contributed by atoms with van der Waals surface area (Å²) < 4.78 is 13.5. The standard InChI is InChI=1S/C11H12FNO2/c12-9-7-13-6-3-8(9)11(10(14)15)4-1-2-5-11/h3,6-7H,1-2,4-5H2,(H,14,15). The van der Waals surface area contributed by atoms with Crippen LogP contribution in [0, 0.1) is 5.82 Å². The molecule has 0 saturated heterocycles. The summed E-state index contributed by atoms with van der Waals surface area (Å²) in [6, 6.07) is 1.48. The van der Waals surface area contributed by atoms with Gasteiger partial charge in [0.25, 0.3) is 0 Å². The third-order valence-electron chi connectivity index (χ3n) is 3.15. The molecule has 15 heavy (non-hydrogen) atoms. The summed E-state index contributed by atoms with van der Waals surface area (Å²) in [7, 11) is 0. The molecular formula is C11H12FNO2. The van der Waals surface area contributed by atoms with Crippen LogP contribution in [-0.2, 0) is 10.2 Å². The fourth-order valence-corrected chi connectivity index (χ4v) is 2.34. The van der Waals surface area contributed by atoms with Gasteiger partial charge in [-0.2, -0.15) is 0 Å². The van der Waals surface area contributed by atoms with Crippen LogP contribution >= 0.6 is 0 Å². The quantitative estimate of drug-likeness (QED) is 0.811. The van der Waals surface area contributed by atoms with Gasteiger partial charge in [-0.05, 0) is 18.9 Å². The van der Waals surface area contributed by atoms with E-state index in [-0.39, 0.29) is 5.56 Å². The summed E-state index contributed by atoms with van der Waals surface area (Å²) in [6.07, 6.45) is 5.24. The smallest absolute Gasteiger partial charge is 0.314 e. The van der Waals surface area contributed by atoms with Gasteiger partial charge < -0.3 is 5.11 Å². The number of halogens is 1. The predicted octanol–water partition coefficient (Wildman–Crippen LogP) is 2.12. The van der Waals surface area contributed by atoms with Gasteiger partial charge in [0.15, 0.2) is 0 Å². The highest BCUT2D eigenvalue weighted by atomic mass is 19.1. The molecule has 0 bridgehead atoms. The second-order valence-electron chi connectivity index (χ2n) is 3.95. The number of carboxylic acid groups (broad SMARTS) is 1. The lowest BCUT2D eigenvalue weighted by Gasteiger charge is -2.24. The Bertz CT molecular complexity index is 386. The number of hydrogen-bond donors (Lipinski definition) is 1. The number of nitrogens with zero attached hydrogens (tertiary/aromatic N) is 1. The van der Waals surface area contributed by atoms with Crippen molar-refractivity contribution < 1.29 is 14.3 Å². The molecule has 2 rings (SSSR count). The van der Waals surface area contributed by atoms with E-state index in [4.69, 9.17) is 0 Å². The molecule has 1 saturated carbocycles.